The maximum absolute atomic E-state index is 12.7. The first kappa shape index (κ1) is 18.5. The zero-order chi connectivity index (χ0) is 18.4. The van der Waals surface area contributed by atoms with Gasteiger partial charge in [0.05, 0.1) is 0 Å². The van der Waals surface area contributed by atoms with Gasteiger partial charge in [-0.15, -0.1) is 0 Å². The van der Waals surface area contributed by atoms with E-state index in [4.69, 9.17) is 4.18 Å². The first-order chi connectivity index (χ1) is 12.5. The van der Waals surface area contributed by atoms with E-state index in [0.29, 0.717) is 5.76 Å². The van der Waals surface area contributed by atoms with E-state index in [-0.39, 0.29) is 19.9 Å². The van der Waals surface area contributed by atoms with Crippen molar-refractivity contribution in [2.45, 2.75) is 11.8 Å². The Labute approximate surface area is 160 Å². The number of rotatable bonds is 6. The summed E-state index contributed by atoms with van der Waals surface area (Å²) in [6.45, 7) is 1.91. The molecule has 0 radical (unpaired) electrons. The monoisotopic (exact) mass is 430 g/mol. The van der Waals surface area contributed by atoms with Gasteiger partial charge in [-0.3, -0.25) is 0 Å². The molecule has 0 aliphatic rings. The van der Waals surface area contributed by atoms with E-state index in [0.717, 1.165) is 15.6 Å². The second-order valence-corrected chi connectivity index (χ2v) is 9.15. The summed E-state index contributed by atoms with van der Waals surface area (Å²) in [4.78, 5) is 2.01. The molecule has 0 saturated heterocycles. The Morgan fingerprint density at radius 3 is 2.04 bits per heavy atom. The average molecular weight is 429 g/mol. The molecular formula is C21H18O3SSe. The van der Waals surface area contributed by atoms with E-state index in [1.165, 1.54) is 0 Å². The van der Waals surface area contributed by atoms with Gasteiger partial charge in [0, 0.05) is 0 Å². The summed E-state index contributed by atoms with van der Waals surface area (Å²) in [5.74, 6) is 0.357. The van der Waals surface area contributed by atoms with Gasteiger partial charge in [-0.1, -0.05) is 0 Å². The molecule has 0 aliphatic heterocycles. The third kappa shape index (κ3) is 4.85. The topological polar surface area (TPSA) is 43.4 Å². The Hall–Kier alpha value is -2.33. The molecule has 3 nitrogen and oxygen atoms in total. The van der Waals surface area contributed by atoms with Crippen LogP contribution in [0.5, 0.6) is 0 Å². The Morgan fingerprint density at radius 2 is 1.42 bits per heavy atom. The van der Waals surface area contributed by atoms with Gasteiger partial charge in [-0.05, 0) is 0 Å². The molecule has 0 saturated carbocycles. The van der Waals surface area contributed by atoms with Crippen molar-refractivity contribution in [3.8, 4) is 0 Å². The predicted octanol–water partition coefficient (Wildman–Crippen LogP) is 3.73. The van der Waals surface area contributed by atoms with Crippen molar-refractivity contribution in [2.75, 3.05) is 0 Å². The van der Waals surface area contributed by atoms with E-state index in [2.05, 4.69) is 0 Å². The van der Waals surface area contributed by atoms with E-state index < -0.39 is 10.1 Å². The molecule has 0 N–H and O–H groups in total. The molecule has 3 aromatic carbocycles. The molecule has 3 rings (SSSR count). The van der Waals surface area contributed by atoms with Gasteiger partial charge in [-0.2, -0.15) is 0 Å². The first-order valence-corrected chi connectivity index (χ1v) is 11.3. The quantitative estimate of drug-likeness (QED) is 0.341. The number of benzene rings is 3. The molecule has 0 aliphatic carbocycles. The molecule has 0 aromatic heterocycles. The summed E-state index contributed by atoms with van der Waals surface area (Å²) >= 11 is -0.0464. The van der Waals surface area contributed by atoms with Gasteiger partial charge in [0.1, 0.15) is 0 Å². The van der Waals surface area contributed by atoms with Crippen LogP contribution in [0.25, 0.3) is 5.76 Å². The third-order valence-corrected chi connectivity index (χ3v) is 6.70. The van der Waals surface area contributed by atoms with Crippen molar-refractivity contribution in [1.82, 2.24) is 0 Å². The molecule has 0 heterocycles. The van der Waals surface area contributed by atoms with E-state index in [9.17, 15) is 8.42 Å². The van der Waals surface area contributed by atoms with Crippen LogP contribution < -0.4 is 4.46 Å². The van der Waals surface area contributed by atoms with Crippen molar-refractivity contribution in [2.24, 2.45) is 0 Å². The van der Waals surface area contributed by atoms with E-state index >= 15 is 0 Å². The molecule has 0 amide bonds. The van der Waals surface area contributed by atoms with Crippen molar-refractivity contribution in [3.63, 3.8) is 0 Å². The normalized spacial score (nSPS) is 12.0. The van der Waals surface area contributed by atoms with E-state index in [1.807, 2.05) is 72.6 Å². The minimum absolute atomic E-state index is 0.0464. The van der Waals surface area contributed by atoms with Crippen LogP contribution in [-0.2, 0) is 14.3 Å². The van der Waals surface area contributed by atoms with Crippen LogP contribution >= 0.6 is 0 Å². The third-order valence-electron chi connectivity index (χ3n) is 3.61. The van der Waals surface area contributed by atoms with Crippen LogP contribution in [-0.4, -0.2) is 23.4 Å². The fraction of sp³-hybridized carbons (Fsp3) is 0.0476. The van der Waals surface area contributed by atoms with Gasteiger partial charge in [0.15, 0.2) is 0 Å². The Morgan fingerprint density at radius 1 is 0.846 bits per heavy atom. The summed E-state index contributed by atoms with van der Waals surface area (Å²) in [6.07, 6.45) is 0. The fourth-order valence-electron chi connectivity index (χ4n) is 2.23. The maximum atomic E-state index is 12.7. The molecule has 132 valence electrons. The molecule has 0 unspecified atom stereocenters. The summed E-state index contributed by atoms with van der Waals surface area (Å²) in [6, 6.07) is 25.9. The van der Waals surface area contributed by atoms with Gasteiger partial charge in [0.25, 0.3) is 0 Å². The zero-order valence-corrected chi connectivity index (χ0v) is 16.7. The number of hydrogen-bond acceptors (Lipinski definition) is 3. The summed E-state index contributed by atoms with van der Waals surface area (Å²) in [5.41, 5.74) is 1.73. The van der Waals surface area contributed by atoms with Crippen LogP contribution in [0.15, 0.2) is 94.8 Å². The van der Waals surface area contributed by atoms with Crippen molar-refractivity contribution in [1.29, 1.82) is 0 Å². The van der Waals surface area contributed by atoms with Crippen LogP contribution in [0.4, 0.5) is 0 Å². The Balaban J connectivity index is 1.92. The first-order valence-electron chi connectivity index (χ1n) is 8.03. The van der Waals surface area contributed by atoms with Gasteiger partial charge in [-0.25, -0.2) is 0 Å². The summed E-state index contributed by atoms with van der Waals surface area (Å²) in [7, 11) is -3.89. The molecule has 3 aromatic rings. The number of aryl methyl sites for hydroxylation is 1. The SMILES string of the molecule is Cc1ccc(S(=O)(=O)O/C(=C/[Se]c2ccccc2)c2ccccc2)cc1. The Kier molecular flexibility index (Phi) is 5.94. The van der Waals surface area contributed by atoms with Crippen LogP contribution in [0, 0.1) is 6.92 Å². The molecular weight excluding hydrogens is 411 g/mol. The van der Waals surface area contributed by atoms with Crippen molar-refractivity contribution in [3.05, 3.63) is 101 Å². The van der Waals surface area contributed by atoms with Gasteiger partial charge in [0.2, 0.25) is 0 Å². The molecule has 0 atom stereocenters. The van der Waals surface area contributed by atoms with Gasteiger partial charge < -0.3 is 0 Å². The number of hydrogen-bond donors (Lipinski definition) is 0. The van der Waals surface area contributed by atoms with Crippen LogP contribution in [0.3, 0.4) is 0 Å². The summed E-state index contributed by atoms with van der Waals surface area (Å²) < 4.78 is 32.0. The Bertz CT molecular complexity index is 980. The standard InChI is InChI=1S/C21H18O3SSe/c1-17-12-14-19(15-13-17)25(22,23)24-21(18-8-4-2-5-9-18)16-26-20-10-6-3-7-11-20/h2-16H,1H3/b21-16+. The predicted molar refractivity (Wildman–Crippen MR) is 106 cm³/mol. The second-order valence-electron chi connectivity index (χ2n) is 5.63. The summed E-state index contributed by atoms with van der Waals surface area (Å²) in [5, 5.41) is 0. The molecule has 0 fully saturated rings. The molecule has 5 heteroatoms. The second kappa shape index (κ2) is 8.37. The molecule has 26 heavy (non-hydrogen) atoms. The molecule has 0 spiro atoms. The average Bonchev–Trinajstić information content (AvgIpc) is 2.67. The van der Waals surface area contributed by atoms with E-state index in [1.54, 1.807) is 24.3 Å². The van der Waals surface area contributed by atoms with Crippen molar-refractivity contribution >= 4 is 35.3 Å². The van der Waals surface area contributed by atoms with Crippen molar-refractivity contribution < 1.29 is 12.6 Å². The minimum atomic E-state index is -3.89. The zero-order valence-electron chi connectivity index (χ0n) is 14.2. The fourth-order valence-corrected chi connectivity index (χ4v) is 4.87. The van der Waals surface area contributed by atoms with Gasteiger partial charge >= 0.3 is 161 Å². The van der Waals surface area contributed by atoms with Crippen LogP contribution in [0.2, 0.25) is 0 Å². The van der Waals surface area contributed by atoms with Crippen LogP contribution in [0.1, 0.15) is 11.1 Å². The molecule has 0 bridgehead atoms.